The van der Waals surface area contributed by atoms with Gasteiger partial charge in [-0.2, -0.15) is 0 Å². The minimum Gasteiger partial charge on any atom is -0.481 e. The lowest BCUT2D eigenvalue weighted by Gasteiger charge is -2.18. The number of carbonyl (C=O) groups excluding carboxylic acids is 1. The number of nitrogens with zero attached hydrogens (tertiary/aromatic N) is 4. The Kier molecular flexibility index (Phi) is 9.69. The number of likely N-dealkylation sites (N-methyl/N-ethyl adjacent to an activating group) is 1. The van der Waals surface area contributed by atoms with Gasteiger partial charge in [-0.1, -0.05) is 18.2 Å². The van der Waals surface area contributed by atoms with Gasteiger partial charge in [0.1, 0.15) is 11.9 Å². The third-order valence-electron chi connectivity index (χ3n) is 6.10. The molecule has 41 heavy (non-hydrogen) atoms. The molecule has 0 aliphatic carbocycles. The zero-order valence-corrected chi connectivity index (χ0v) is 24.5. The van der Waals surface area contributed by atoms with Gasteiger partial charge in [-0.25, -0.2) is 14.5 Å². The highest BCUT2D eigenvalue weighted by Crippen LogP contribution is 2.47. The van der Waals surface area contributed by atoms with E-state index in [-0.39, 0.29) is 12.5 Å². The van der Waals surface area contributed by atoms with Crippen LogP contribution in [0.15, 0.2) is 73.2 Å². The van der Waals surface area contributed by atoms with Crippen LogP contribution < -0.4 is 10.1 Å². The maximum atomic E-state index is 12.4. The van der Waals surface area contributed by atoms with Crippen molar-refractivity contribution in [3.05, 3.63) is 73.2 Å². The second kappa shape index (κ2) is 13.2. The van der Waals surface area contributed by atoms with E-state index in [1.54, 1.807) is 50.1 Å². The van der Waals surface area contributed by atoms with Crippen molar-refractivity contribution in [1.29, 1.82) is 0 Å². The molecule has 0 saturated carbocycles. The minimum atomic E-state index is -4.27. The van der Waals surface area contributed by atoms with Crippen LogP contribution in [0.1, 0.15) is 20.1 Å². The second-order valence-corrected chi connectivity index (χ2v) is 10.9. The van der Waals surface area contributed by atoms with E-state index in [0.29, 0.717) is 23.8 Å². The number of amides is 1. The third-order valence-corrected chi connectivity index (χ3v) is 7.25. The molecule has 3 aromatic heterocycles. The SMILES string of the molecule is CCOP(=O)(O)OC(C)n1cc(-c2ccnc(OC)c2)c2cc(-c3cccc(NC(=O)C=CCN(C)C)c3)cnc21. The summed E-state index contributed by atoms with van der Waals surface area (Å²) in [4.78, 5) is 33.3. The first-order chi connectivity index (χ1) is 19.6. The molecule has 2 unspecified atom stereocenters. The first-order valence-corrected chi connectivity index (χ1v) is 14.5. The number of hydrogen-bond donors (Lipinski definition) is 2. The van der Waals surface area contributed by atoms with Gasteiger partial charge >= 0.3 is 7.82 Å². The van der Waals surface area contributed by atoms with Gasteiger partial charge in [-0.15, -0.1) is 0 Å². The topological polar surface area (TPSA) is 128 Å². The van der Waals surface area contributed by atoms with E-state index in [4.69, 9.17) is 18.8 Å². The highest BCUT2D eigenvalue weighted by atomic mass is 31.2. The van der Waals surface area contributed by atoms with Crippen LogP contribution in [-0.2, 0) is 18.4 Å². The van der Waals surface area contributed by atoms with Crippen LogP contribution in [0.25, 0.3) is 33.3 Å². The van der Waals surface area contributed by atoms with Gasteiger partial charge in [0.15, 0.2) is 0 Å². The van der Waals surface area contributed by atoms with Crippen molar-refractivity contribution in [3.63, 3.8) is 0 Å². The van der Waals surface area contributed by atoms with Crippen LogP contribution in [0, 0.1) is 0 Å². The zero-order chi connectivity index (χ0) is 29.6. The standard InChI is InChI=1S/C29H34N5O6P/c1-6-39-41(36,37)40-20(2)34-19-26(22-12-13-30-28(17-22)38-5)25-16-23(18-31-29(25)34)21-9-7-10-24(15-21)32-27(35)11-8-14-33(3)4/h7-13,15-20H,6,14H2,1-5H3,(H,32,35)(H,36,37). The largest absolute Gasteiger partial charge is 0.481 e. The lowest BCUT2D eigenvalue weighted by Crippen LogP contribution is -2.12. The molecule has 0 aliphatic rings. The van der Waals surface area contributed by atoms with Gasteiger partial charge < -0.3 is 24.4 Å². The number of nitrogens with one attached hydrogen (secondary N) is 1. The maximum absolute atomic E-state index is 12.4. The van der Waals surface area contributed by atoms with Crippen LogP contribution in [0.5, 0.6) is 5.88 Å². The highest BCUT2D eigenvalue weighted by molar-refractivity contribution is 7.47. The molecule has 0 saturated heterocycles. The average molecular weight is 580 g/mol. The molecular weight excluding hydrogens is 545 g/mol. The molecule has 11 nitrogen and oxygen atoms in total. The van der Waals surface area contributed by atoms with Crippen LogP contribution >= 0.6 is 7.82 Å². The minimum absolute atomic E-state index is 0.0302. The summed E-state index contributed by atoms with van der Waals surface area (Å²) in [7, 11) is 1.13. The first-order valence-electron chi connectivity index (χ1n) is 13.0. The van der Waals surface area contributed by atoms with Crippen LogP contribution in [-0.4, -0.2) is 64.6 Å². The highest BCUT2D eigenvalue weighted by Gasteiger charge is 2.26. The summed E-state index contributed by atoms with van der Waals surface area (Å²) >= 11 is 0. The van der Waals surface area contributed by atoms with Gasteiger partial charge in [-0.3, -0.25) is 13.8 Å². The number of hydrogen-bond acceptors (Lipinski definition) is 8. The summed E-state index contributed by atoms with van der Waals surface area (Å²) in [6.07, 6.45) is 7.61. The third kappa shape index (κ3) is 7.66. The van der Waals surface area contributed by atoms with Crippen molar-refractivity contribution in [2.75, 3.05) is 39.7 Å². The van der Waals surface area contributed by atoms with Crippen molar-refractivity contribution in [2.24, 2.45) is 0 Å². The fourth-order valence-corrected chi connectivity index (χ4v) is 5.13. The number of anilines is 1. The monoisotopic (exact) mass is 579 g/mol. The zero-order valence-electron chi connectivity index (χ0n) is 23.6. The van der Waals surface area contributed by atoms with E-state index in [1.807, 2.05) is 61.6 Å². The van der Waals surface area contributed by atoms with E-state index in [9.17, 15) is 14.3 Å². The molecule has 4 aromatic rings. The fourth-order valence-electron chi connectivity index (χ4n) is 4.25. The summed E-state index contributed by atoms with van der Waals surface area (Å²) in [5.41, 5.74) is 4.46. The molecule has 0 radical (unpaired) electrons. The quantitative estimate of drug-likeness (QED) is 0.165. The number of fused-ring (bicyclic) bond motifs is 1. The molecule has 0 aliphatic heterocycles. The Morgan fingerprint density at radius 2 is 1.98 bits per heavy atom. The molecule has 4 rings (SSSR count). The Morgan fingerprint density at radius 3 is 2.71 bits per heavy atom. The average Bonchev–Trinajstić information content (AvgIpc) is 3.32. The maximum Gasteiger partial charge on any atom is 0.474 e. The van der Waals surface area contributed by atoms with Crippen molar-refractivity contribution >= 4 is 30.5 Å². The number of aromatic nitrogens is 3. The lowest BCUT2D eigenvalue weighted by molar-refractivity contribution is -0.111. The normalized spacial score (nSPS) is 13.9. The Hall–Kier alpha value is -3.86. The van der Waals surface area contributed by atoms with E-state index >= 15 is 0 Å². The first kappa shape index (κ1) is 30.1. The Bertz CT molecular complexity index is 1600. The molecule has 1 aromatic carbocycles. The van der Waals surface area contributed by atoms with E-state index in [2.05, 4.69) is 10.3 Å². The number of carbonyl (C=O) groups is 1. The number of rotatable bonds is 12. The molecule has 3 heterocycles. The Labute approximate surface area is 239 Å². The smallest absolute Gasteiger partial charge is 0.474 e. The number of methoxy groups -OCH3 is 1. The van der Waals surface area contributed by atoms with E-state index in [0.717, 1.165) is 27.6 Å². The van der Waals surface area contributed by atoms with Gasteiger partial charge in [0.25, 0.3) is 0 Å². The predicted octanol–water partition coefficient (Wildman–Crippen LogP) is 5.50. The lowest BCUT2D eigenvalue weighted by atomic mass is 10.0. The second-order valence-electron chi connectivity index (χ2n) is 9.46. The Balaban J connectivity index is 1.74. The number of pyridine rings is 2. The predicted molar refractivity (Wildman–Crippen MR) is 159 cm³/mol. The number of phosphoric ester groups is 1. The summed E-state index contributed by atoms with van der Waals surface area (Å²) in [5, 5.41) is 3.67. The summed E-state index contributed by atoms with van der Waals surface area (Å²) in [5.74, 6) is 0.224. The number of ether oxygens (including phenoxy) is 1. The molecule has 2 atom stereocenters. The van der Waals surface area contributed by atoms with Gasteiger partial charge in [-0.05, 0) is 63.3 Å². The van der Waals surface area contributed by atoms with Crippen molar-refractivity contribution in [1.82, 2.24) is 19.4 Å². The van der Waals surface area contributed by atoms with Gasteiger partial charge in [0, 0.05) is 59.5 Å². The fraction of sp³-hybridized carbons (Fsp3) is 0.276. The summed E-state index contributed by atoms with van der Waals surface area (Å²) in [6, 6.07) is 13.1. The van der Waals surface area contributed by atoms with Crippen LogP contribution in [0.4, 0.5) is 5.69 Å². The van der Waals surface area contributed by atoms with E-state index < -0.39 is 14.1 Å². The van der Waals surface area contributed by atoms with E-state index in [1.165, 1.54) is 6.08 Å². The van der Waals surface area contributed by atoms with Crippen LogP contribution in [0.2, 0.25) is 0 Å². The molecule has 2 N–H and O–H groups in total. The summed E-state index contributed by atoms with van der Waals surface area (Å²) < 4.78 is 29.6. The number of phosphoric acid groups is 1. The molecule has 12 heteroatoms. The molecule has 0 fully saturated rings. The Morgan fingerprint density at radius 1 is 1.17 bits per heavy atom. The molecule has 0 bridgehead atoms. The van der Waals surface area contributed by atoms with Crippen molar-refractivity contribution in [2.45, 2.75) is 20.1 Å². The van der Waals surface area contributed by atoms with Crippen molar-refractivity contribution in [3.8, 4) is 28.1 Å². The number of benzene rings is 1. The summed E-state index contributed by atoms with van der Waals surface area (Å²) in [6.45, 7) is 3.95. The molecular formula is C29H34N5O6P. The molecule has 216 valence electrons. The van der Waals surface area contributed by atoms with Gasteiger partial charge in [0.05, 0.1) is 13.7 Å². The van der Waals surface area contributed by atoms with Crippen LogP contribution in [0.3, 0.4) is 0 Å². The van der Waals surface area contributed by atoms with Crippen molar-refractivity contribution < 1.29 is 28.0 Å². The van der Waals surface area contributed by atoms with Gasteiger partial charge in [0.2, 0.25) is 11.8 Å². The molecule has 0 spiro atoms. The molecule has 1 amide bonds.